The zero-order chi connectivity index (χ0) is 11.4. The van der Waals surface area contributed by atoms with Crippen LogP contribution in [0.25, 0.3) is 0 Å². The Morgan fingerprint density at radius 2 is 1.94 bits per heavy atom. The summed E-state index contributed by atoms with van der Waals surface area (Å²) in [5, 5.41) is 0. The molecule has 1 aliphatic carbocycles. The summed E-state index contributed by atoms with van der Waals surface area (Å²) in [5.41, 5.74) is 1.78. The number of Topliss-reactive ketones (excluding diaryl/α,β-unsaturated/α-hetero) is 2. The van der Waals surface area contributed by atoms with Gasteiger partial charge < -0.3 is 9.47 Å². The first-order valence-electron chi connectivity index (χ1n) is 5.18. The molecule has 0 N–H and O–H groups in total. The lowest BCUT2D eigenvalue weighted by Gasteiger charge is -2.17. The van der Waals surface area contributed by atoms with E-state index in [1.807, 2.05) is 4.90 Å². The Morgan fingerprint density at radius 1 is 1.25 bits per heavy atom. The lowest BCUT2D eigenvalue weighted by Crippen LogP contribution is -2.26. The number of fused-ring (bicyclic) bond motifs is 1. The average molecular weight is 217 g/mol. The number of nitrogens with zero attached hydrogens (tertiary/aromatic N) is 3. The fraction of sp³-hybridized carbons (Fsp3) is 0.364. The molecule has 0 saturated carbocycles. The summed E-state index contributed by atoms with van der Waals surface area (Å²) < 4.78 is 1.61. The van der Waals surface area contributed by atoms with Crippen molar-refractivity contribution in [3.05, 3.63) is 29.0 Å². The monoisotopic (exact) mass is 217 g/mol. The maximum Gasteiger partial charge on any atom is 0.230 e. The molecular weight excluding hydrogens is 206 g/mol. The average Bonchev–Trinajstić information content (AvgIpc) is 2.99. The standard InChI is InChI=1S/C11H11N3O2/c1-6-8(14-3-4-14)11(16)7-9(10(6)15)13(2)5-12-7/h5H,3-4H2,1-2H3. The molecule has 82 valence electrons. The van der Waals surface area contributed by atoms with Crippen molar-refractivity contribution in [1.29, 1.82) is 0 Å². The summed E-state index contributed by atoms with van der Waals surface area (Å²) in [6.07, 6.45) is 1.51. The van der Waals surface area contributed by atoms with E-state index < -0.39 is 0 Å². The van der Waals surface area contributed by atoms with Crippen LogP contribution in [0.15, 0.2) is 17.6 Å². The van der Waals surface area contributed by atoms with Crippen molar-refractivity contribution in [1.82, 2.24) is 14.5 Å². The first kappa shape index (κ1) is 9.33. The molecule has 1 aliphatic heterocycles. The lowest BCUT2D eigenvalue weighted by molar-refractivity contribution is 0.0953. The van der Waals surface area contributed by atoms with Crippen molar-refractivity contribution in [3.63, 3.8) is 0 Å². The number of ketones is 2. The molecule has 0 amide bonds. The van der Waals surface area contributed by atoms with E-state index in [4.69, 9.17) is 0 Å². The second-order valence-corrected chi connectivity index (χ2v) is 4.17. The van der Waals surface area contributed by atoms with Crippen LogP contribution in [-0.2, 0) is 7.05 Å². The minimum atomic E-state index is -0.120. The third kappa shape index (κ3) is 1.02. The van der Waals surface area contributed by atoms with Gasteiger partial charge in [-0.1, -0.05) is 0 Å². The predicted octanol–water partition coefficient (Wildman–Crippen LogP) is 0.389. The number of hydrogen-bond acceptors (Lipinski definition) is 4. The fourth-order valence-electron chi connectivity index (χ4n) is 2.09. The van der Waals surface area contributed by atoms with E-state index in [1.165, 1.54) is 6.33 Å². The Bertz CT molecular complexity index is 550. The van der Waals surface area contributed by atoms with E-state index in [2.05, 4.69) is 4.98 Å². The van der Waals surface area contributed by atoms with Crippen LogP contribution >= 0.6 is 0 Å². The largest absolute Gasteiger partial charge is 0.364 e. The van der Waals surface area contributed by atoms with E-state index >= 15 is 0 Å². The van der Waals surface area contributed by atoms with Crippen molar-refractivity contribution in [3.8, 4) is 0 Å². The Balaban J connectivity index is 2.22. The van der Waals surface area contributed by atoms with Crippen LogP contribution in [0.5, 0.6) is 0 Å². The van der Waals surface area contributed by atoms with Crippen LogP contribution in [0, 0.1) is 0 Å². The highest BCUT2D eigenvalue weighted by molar-refractivity contribution is 6.25. The minimum absolute atomic E-state index is 0.0866. The molecule has 0 aromatic carbocycles. The minimum Gasteiger partial charge on any atom is -0.364 e. The molecule has 1 aromatic heterocycles. The molecule has 16 heavy (non-hydrogen) atoms. The highest BCUT2D eigenvalue weighted by atomic mass is 16.1. The lowest BCUT2D eigenvalue weighted by atomic mass is 9.95. The zero-order valence-corrected chi connectivity index (χ0v) is 9.15. The number of allylic oxidation sites excluding steroid dienone is 2. The van der Waals surface area contributed by atoms with Gasteiger partial charge in [-0.2, -0.15) is 0 Å². The van der Waals surface area contributed by atoms with Crippen molar-refractivity contribution in [2.45, 2.75) is 6.92 Å². The maximum absolute atomic E-state index is 12.1. The molecule has 2 aliphatic rings. The van der Waals surface area contributed by atoms with Gasteiger partial charge in [0.25, 0.3) is 0 Å². The van der Waals surface area contributed by atoms with Gasteiger partial charge in [0.05, 0.1) is 12.0 Å². The van der Waals surface area contributed by atoms with E-state index in [0.29, 0.717) is 22.7 Å². The van der Waals surface area contributed by atoms with Crippen LogP contribution in [0.4, 0.5) is 0 Å². The highest BCUT2D eigenvalue weighted by Crippen LogP contribution is 2.29. The summed E-state index contributed by atoms with van der Waals surface area (Å²) in [6.45, 7) is 3.42. The van der Waals surface area contributed by atoms with Gasteiger partial charge in [0.2, 0.25) is 11.6 Å². The second-order valence-electron chi connectivity index (χ2n) is 4.17. The zero-order valence-electron chi connectivity index (χ0n) is 9.15. The molecule has 1 fully saturated rings. The van der Waals surface area contributed by atoms with Crippen LogP contribution in [0.2, 0.25) is 0 Å². The molecular formula is C11H11N3O2. The van der Waals surface area contributed by atoms with Gasteiger partial charge in [-0.15, -0.1) is 0 Å². The summed E-state index contributed by atoms with van der Waals surface area (Å²) in [5.74, 6) is -0.207. The van der Waals surface area contributed by atoms with Gasteiger partial charge in [0, 0.05) is 25.7 Å². The van der Waals surface area contributed by atoms with Crippen LogP contribution in [0.1, 0.15) is 27.9 Å². The summed E-state index contributed by atoms with van der Waals surface area (Å²) >= 11 is 0. The third-order valence-electron chi connectivity index (χ3n) is 3.04. The van der Waals surface area contributed by atoms with E-state index in [9.17, 15) is 9.59 Å². The topological polar surface area (TPSA) is 55.0 Å². The van der Waals surface area contributed by atoms with Crippen molar-refractivity contribution in [2.75, 3.05) is 13.1 Å². The number of carbonyl (C=O) groups excluding carboxylic acids is 2. The van der Waals surface area contributed by atoms with Crippen molar-refractivity contribution in [2.24, 2.45) is 7.05 Å². The number of rotatable bonds is 1. The molecule has 0 radical (unpaired) electrons. The highest BCUT2D eigenvalue weighted by Gasteiger charge is 2.38. The number of aromatic nitrogens is 2. The first-order valence-corrected chi connectivity index (χ1v) is 5.18. The number of hydrogen-bond donors (Lipinski definition) is 0. The molecule has 5 heteroatoms. The van der Waals surface area contributed by atoms with Gasteiger partial charge in [0.1, 0.15) is 11.4 Å². The maximum atomic E-state index is 12.1. The quantitative estimate of drug-likeness (QED) is 0.638. The Labute approximate surface area is 92.4 Å². The number of imidazole rings is 1. The van der Waals surface area contributed by atoms with Crippen LogP contribution < -0.4 is 0 Å². The Kier molecular flexibility index (Phi) is 1.64. The van der Waals surface area contributed by atoms with Gasteiger partial charge in [-0.3, -0.25) is 9.59 Å². The molecule has 0 atom stereocenters. The summed E-state index contributed by atoms with van der Waals surface area (Å²) in [4.78, 5) is 30.2. The first-order chi connectivity index (χ1) is 7.61. The Hall–Kier alpha value is -1.91. The normalized spacial score (nSPS) is 19.2. The molecule has 5 nitrogen and oxygen atoms in total. The van der Waals surface area contributed by atoms with Gasteiger partial charge in [0.15, 0.2) is 0 Å². The summed E-state index contributed by atoms with van der Waals surface area (Å²) in [7, 11) is 1.73. The SMILES string of the molecule is CC1=C(N2CC2)C(=O)c2ncn(C)c2C1=O. The smallest absolute Gasteiger partial charge is 0.230 e. The molecule has 3 rings (SSSR count). The second kappa shape index (κ2) is 2.81. The third-order valence-corrected chi connectivity index (χ3v) is 3.04. The molecule has 1 aromatic rings. The summed E-state index contributed by atoms with van der Waals surface area (Å²) in [6, 6.07) is 0. The molecule has 1 saturated heterocycles. The molecule has 0 unspecified atom stereocenters. The van der Waals surface area contributed by atoms with Gasteiger partial charge in [-0.25, -0.2) is 4.98 Å². The predicted molar refractivity (Wildman–Crippen MR) is 56.1 cm³/mol. The molecule has 2 heterocycles. The number of carbonyl (C=O) groups is 2. The van der Waals surface area contributed by atoms with Gasteiger partial charge in [-0.05, 0) is 6.92 Å². The van der Waals surface area contributed by atoms with Gasteiger partial charge >= 0.3 is 0 Å². The van der Waals surface area contributed by atoms with Crippen LogP contribution in [-0.4, -0.2) is 39.1 Å². The van der Waals surface area contributed by atoms with Crippen molar-refractivity contribution < 1.29 is 9.59 Å². The van der Waals surface area contributed by atoms with E-state index in [1.54, 1.807) is 18.5 Å². The Morgan fingerprint density at radius 3 is 2.56 bits per heavy atom. The molecule has 0 spiro atoms. The molecule has 0 bridgehead atoms. The fourth-order valence-corrected chi connectivity index (χ4v) is 2.09. The van der Waals surface area contributed by atoms with E-state index in [-0.39, 0.29) is 11.6 Å². The van der Waals surface area contributed by atoms with E-state index in [0.717, 1.165) is 13.1 Å². The van der Waals surface area contributed by atoms with Crippen LogP contribution in [0.3, 0.4) is 0 Å². The number of aryl methyl sites for hydroxylation is 1. The van der Waals surface area contributed by atoms with Crippen molar-refractivity contribution >= 4 is 11.6 Å².